The molecule has 162 valence electrons. The largest absolute Gasteiger partial charge is 0.497 e. The Labute approximate surface area is 191 Å². The Morgan fingerprint density at radius 2 is 1.69 bits per heavy atom. The summed E-state index contributed by atoms with van der Waals surface area (Å²) >= 11 is 6.02. The molecule has 0 bridgehead atoms. The first-order chi connectivity index (χ1) is 15.6. The Morgan fingerprint density at radius 1 is 1.03 bits per heavy atom. The number of nitrogens with zero attached hydrogens (tertiary/aromatic N) is 2. The number of methoxy groups -OCH3 is 1. The van der Waals surface area contributed by atoms with E-state index in [-0.39, 0.29) is 18.6 Å². The fourth-order valence-corrected chi connectivity index (χ4v) is 3.62. The Kier molecular flexibility index (Phi) is 6.52. The summed E-state index contributed by atoms with van der Waals surface area (Å²) in [7, 11) is 1.61. The average molecular weight is 449 g/mol. The third-order valence-corrected chi connectivity index (χ3v) is 5.47. The molecule has 32 heavy (non-hydrogen) atoms. The summed E-state index contributed by atoms with van der Waals surface area (Å²) in [6, 6.07) is 21.3. The Balaban J connectivity index is 1.56. The van der Waals surface area contributed by atoms with Crippen LogP contribution in [0.1, 0.15) is 33.9 Å². The number of hydrogen-bond acceptors (Lipinski definition) is 5. The number of carbonyl (C=O) groups excluding carboxylic acids is 2. The molecule has 4 rings (SSSR count). The summed E-state index contributed by atoms with van der Waals surface area (Å²) in [6.45, 7) is -0.176. The first-order valence-corrected chi connectivity index (χ1v) is 10.4. The fourth-order valence-electron chi connectivity index (χ4n) is 3.50. The fraction of sp³-hybridized carbons (Fsp3) is 0.160. The molecular formula is C25H21ClN2O4. The summed E-state index contributed by atoms with van der Waals surface area (Å²) in [6.07, 6.45) is 1.32. The van der Waals surface area contributed by atoms with Crippen molar-refractivity contribution in [2.24, 2.45) is 5.10 Å². The maximum absolute atomic E-state index is 13.1. The third-order valence-electron chi connectivity index (χ3n) is 5.22. The SMILES string of the molecule is COc1ccc(C2CC(c3ccc(Cl)cc3)=NN2C(=O)COc2ccc(C=O)cc2)cc1. The number of benzene rings is 3. The van der Waals surface area contributed by atoms with Crippen molar-refractivity contribution in [3.63, 3.8) is 0 Å². The number of hydrogen-bond donors (Lipinski definition) is 0. The van der Waals surface area contributed by atoms with Crippen molar-refractivity contribution >= 4 is 29.5 Å². The molecule has 1 heterocycles. The molecule has 0 spiro atoms. The maximum atomic E-state index is 13.1. The van der Waals surface area contributed by atoms with E-state index in [4.69, 9.17) is 21.1 Å². The van der Waals surface area contributed by atoms with Gasteiger partial charge in [0, 0.05) is 17.0 Å². The summed E-state index contributed by atoms with van der Waals surface area (Å²) < 4.78 is 10.9. The number of ether oxygens (including phenoxy) is 2. The molecule has 1 aliphatic heterocycles. The van der Waals surface area contributed by atoms with E-state index >= 15 is 0 Å². The van der Waals surface area contributed by atoms with Crippen LogP contribution in [0.5, 0.6) is 11.5 Å². The maximum Gasteiger partial charge on any atom is 0.281 e. The van der Waals surface area contributed by atoms with Crippen LogP contribution in [0.3, 0.4) is 0 Å². The minimum atomic E-state index is -0.269. The molecule has 7 heteroatoms. The molecule has 0 saturated carbocycles. The van der Waals surface area contributed by atoms with Gasteiger partial charge in [0.05, 0.1) is 18.9 Å². The predicted octanol–water partition coefficient (Wildman–Crippen LogP) is 4.92. The monoisotopic (exact) mass is 448 g/mol. The Morgan fingerprint density at radius 3 is 2.31 bits per heavy atom. The lowest BCUT2D eigenvalue weighted by Crippen LogP contribution is -2.31. The van der Waals surface area contributed by atoms with Crippen molar-refractivity contribution in [2.45, 2.75) is 12.5 Å². The summed E-state index contributed by atoms with van der Waals surface area (Å²) in [5.74, 6) is 0.978. The second-order valence-electron chi connectivity index (χ2n) is 7.26. The zero-order chi connectivity index (χ0) is 22.5. The molecule has 1 unspecified atom stereocenters. The standard InChI is InChI=1S/C25H21ClN2O4/c1-31-21-12-6-19(7-13-21)24-14-23(18-4-8-20(26)9-5-18)27-28(24)25(30)16-32-22-10-2-17(15-29)3-11-22/h2-13,15,24H,14,16H2,1H3. The highest BCUT2D eigenvalue weighted by Crippen LogP contribution is 2.34. The van der Waals surface area contributed by atoms with Gasteiger partial charge in [-0.25, -0.2) is 5.01 Å². The van der Waals surface area contributed by atoms with Gasteiger partial charge in [-0.05, 0) is 59.7 Å². The van der Waals surface area contributed by atoms with E-state index in [1.165, 1.54) is 5.01 Å². The van der Waals surface area contributed by atoms with Crippen LogP contribution in [0.15, 0.2) is 77.9 Å². The van der Waals surface area contributed by atoms with Gasteiger partial charge in [-0.2, -0.15) is 5.10 Å². The first kappa shape index (κ1) is 21.6. The van der Waals surface area contributed by atoms with Crippen molar-refractivity contribution < 1.29 is 19.1 Å². The van der Waals surface area contributed by atoms with Gasteiger partial charge in [0.15, 0.2) is 6.61 Å². The zero-order valence-electron chi connectivity index (χ0n) is 17.4. The molecule has 0 aromatic heterocycles. The highest BCUT2D eigenvalue weighted by atomic mass is 35.5. The molecule has 1 amide bonds. The van der Waals surface area contributed by atoms with Gasteiger partial charge < -0.3 is 9.47 Å². The van der Waals surface area contributed by atoms with Gasteiger partial charge in [-0.1, -0.05) is 35.9 Å². The molecule has 0 N–H and O–H groups in total. The lowest BCUT2D eigenvalue weighted by molar-refractivity contribution is -0.135. The first-order valence-electron chi connectivity index (χ1n) is 10.0. The molecular weight excluding hydrogens is 428 g/mol. The van der Waals surface area contributed by atoms with Crippen molar-refractivity contribution in [2.75, 3.05) is 13.7 Å². The van der Waals surface area contributed by atoms with Crippen LogP contribution in [0.2, 0.25) is 5.02 Å². The van der Waals surface area contributed by atoms with Crippen molar-refractivity contribution in [3.05, 3.63) is 94.5 Å². The van der Waals surface area contributed by atoms with Gasteiger partial charge in [-0.15, -0.1) is 0 Å². The van der Waals surface area contributed by atoms with Gasteiger partial charge in [0.2, 0.25) is 0 Å². The number of rotatable bonds is 7. The molecule has 0 aliphatic carbocycles. The topological polar surface area (TPSA) is 68.2 Å². The van der Waals surface area contributed by atoms with Crippen LogP contribution in [-0.4, -0.2) is 36.6 Å². The Hall–Kier alpha value is -3.64. The van der Waals surface area contributed by atoms with Gasteiger partial charge in [-0.3, -0.25) is 9.59 Å². The summed E-state index contributed by atoms with van der Waals surface area (Å²) in [4.78, 5) is 23.9. The van der Waals surface area contributed by atoms with E-state index in [1.807, 2.05) is 36.4 Å². The highest BCUT2D eigenvalue weighted by molar-refractivity contribution is 6.30. The van der Waals surface area contributed by atoms with Crippen LogP contribution >= 0.6 is 11.6 Å². The van der Waals surface area contributed by atoms with Crippen molar-refractivity contribution in [1.29, 1.82) is 0 Å². The predicted molar refractivity (Wildman–Crippen MR) is 123 cm³/mol. The summed E-state index contributed by atoms with van der Waals surface area (Å²) in [5, 5.41) is 6.75. The highest BCUT2D eigenvalue weighted by Gasteiger charge is 2.33. The summed E-state index contributed by atoms with van der Waals surface area (Å²) in [5.41, 5.74) is 3.20. The Bertz CT molecular complexity index is 1130. The number of halogens is 1. The quantitative estimate of drug-likeness (QED) is 0.481. The van der Waals surface area contributed by atoms with Gasteiger partial charge in [0.25, 0.3) is 5.91 Å². The van der Waals surface area contributed by atoms with Crippen LogP contribution in [0.4, 0.5) is 0 Å². The van der Waals surface area contributed by atoms with Crippen LogP contribution in [-0.2, 0) is 4.79 Å². The number of aldehydes is 1. The molecule has 1 atom stereocenters. The van der Waals surface area contributed by atoms with E-state index < -0.39 is 0 Å². The van der Waals surface area contributed by atoms with Crippen molar-refractivity contribution in [3.8, 4) is 11.5 Å². The molecule has 6 nitrogen and oxygen atoms in total. The molecule has 0 radical (unpaired) electrons. The second-order valence-corrected chi connectivity index (χ2v) is 7.70. The average Bonchev–Trinajstić information content (AvgIpc) is 3.29. The number of hydrazone groups is 1. The zero-order valence-corrected chi connectivity index (χ0v) is 18.2. The van der Waals surface area contributed by atoms with Crippen LogP contribution in [0, 0.1) is 0 Å². The second kappa shape index (κ2) is 9.66. The number of amides is 1. The van der Waals surface area contributed by atoms with Crippen LogP contribution < -0.4 is 9.47 Å². The molecule has 0 saturated heterocycles. The molecule has 3 aromatic rings. The minimum absolute atomic E-state index is 0.176. The van der Waals surface area contributed by atoms with E-state index in [0.717, 1.165) is 28.9 Å². The molecule has 1 aliphatic rings. The van der Waals surface area contributed by atoms with Gasteiger partial charge in [0.1, 0.15) is 17.8 Å². The van der Waals surface area contributed by atoms with Crippen molar-refractivity contribution in [1.82, 2.24) is 5.01 Å². The minimum Gasteiger partial charge on any atom is -0.497 e. The lowest BCUT2D eigenvalue weighted by atomic mass is 9.98. The number of carbonyl (C=O) groups is 2. The van der Waals surface area contributed by atoms with E-state index in [0.29, 0.717) is 22.8 Å². The molecule has 0 fully saturated rings. The normalized spacial score (nSPS) is 15.2. The van der Waals surface area contributed by atoms with E-state index in [1.54, 1.807) is 43.5 Å². The van der Waals surface area contributed by atoms with Crippen LogP contribution in [0.25, 0.3) is 0 Å². The molecule has 3 aromatic carbocycles. The van der Waals surface area contributed by atoms with E-state index in [9.17, 15) is 9.59 Å². The lowest BCUT2D eigenvalue weighted by Gasteiger charge is -2.22. The van der Waals surface area contributed by atoms with E-state index in [2.05, 4.69) is 5.10 Å². The third kappa shape index (κ3) is 4.81. The smallest absolute Gasteiger partial charge is 0.281 e. The van der Waals surface area contributed by atoms with Gasteiger partial charge >= 0.3 is 0 Å².